The Kier molecular flexibility index (Phi) is 3.23. The molecule has 0 aliphatic rings. The van der Waals surface area contributed by atoms with Gasteiger partial charge in [-0.1, -0.05) is 27.2 Å². The Morgan fingerprint density at radius 3 is 2.09 bits per heavy atom. The van der Waals surface area contributed by atoms with Crippen LogP contribution in [-0.4, -0.2) is 11.8 Å². The highest BCUT2D eigenvalue weighted by Gasteiger charge is 2.19. The Morgan fingerprint density at radius 2 is 1.82 bits per heavy atom. The summed E-state index contributed by atoms with van der Waals surface area (Å²) in [6, 6.07) is 0. The van der Waals surface area contributed by atoms with Gasteiger partial charge >= 0.3 is 0 Å². The van der Waals surface area contributed by atoms with Crippen LogP contribution in [0.1, 0.15) is 33.6 Å². The van der Waals surface area contributed by atoms with E-state index in [0.717, 1.165) is 6.42 Å². The lowest BCUT2D eigenvalue weighted by atomic mass is 9.85. The number of Topliss-reactive ketones (excluding diaryl/α,β-unsaturated/α-hetero) is 1. The van der Waals surface area contributed by atoms with Gasteiger partial charge in [-0.05, 0) is 5.41 Å². The van der Waals surface area contributed by atoms with Gasteiger partial charge in [-0.2, -0.15) is 0 Å². The maximum Gasteiger partial charge on any atom is 0.178 e. The fraction of sp³-hybridized carbons (Fsp3) is 0.750. The van der Waals surface area contributed by atoms with Crippen LogP contribution in [0.2, 0.25) is 0 Å². The van der Waals surface area contributed by atoms with Crippen molar-refractivity contribution < 1.29 is 14.7 Å². The van der Waals surface area contributed by atoms with E-state index >= 15 is 0 Å². The number of carboxylic acid groups (broad SMARTS) is 1. The quantitative estimate of drug-likeness (QED) is 0.545. The number of carbonyl (C=O) groups is 2. The van der Waals surface area contributed by atoms with Crippen molar-refractivity contribution in [3.8, 4) is 0 Å². The van der Waals surface area contributed by atoms with Gasteiger partial charge in [0, 0.05) is 6.42 Å². The van der Waals surface area contributed by atoms with Crippen molar-refractivity contribution in [1.29, 1.82) is 0 Å². The molecule has 0 radical (unpaired) electrons. The van der Waals surface area contributed by atoms with Gasteiger partial charge < -0.3 is 9.90 Å². The predicted octanol–water partition coefficient (Wildman–Crippen LogP) is 0.132. The van der Waals surface area contributed by atoms with Gasteiger partial charge in [0.05, 0.1) is 0 Å². The zero-order chi connectivity index (χ0) is 9.07. The van der Waals surface area contributed by atoms with Crippen molar-refractivity contribution in [3.05, 3.63) is 0 Å². The SMILES string of the molecule is CCC(C)(C)CC(=O)C(=O)[O-]. The Hall–Kier alpha value is -0.860. The highest BCUT2D eigenvalue weighted by Crippen LogP contribution is 2.24. The van der Waals surface area contributed by atoms with Crippen LogP contribution in [0, 0.1) is 5.41 Å². The molecule has 0 rings (SSSR count). The van der Waals surface area contributed by atoms with Gasteiger partial charge in [0.25, 0.3) is 0 Å². The third-order valence-electron chi connectivity index (χ3n) is 1.82. The number of aliphatic carboxylic acids is 1. The molecule has 0 aromatic heterocycles. The molecule has 0 atom stereocenters. The summed E-state index contributed by atoms with van der Waals surface area (Å²) in [6.07, 6.45) is 0.845. The minimum absolute atomic E-state index is 0.0613. The normalized spacial score (nSPS) is 11.2. The lowest BCUT2D eigenvalue weighted by molar-refractivity contribution is -0.300. The average molecular weight is 157 g/mol. The molecule has 64 valence electrons. The highest BCUT2D eigenvalue weighted by atomic mass is 16.4. The van der Waals surface area contributed by atoms with Crippen LogP contribution in [-0.2, 0) is 9.59 Å². The van der Waals surface area contributed by atoms with Crippen LogP contribution in [0.3, 0.4) is 0 Å². The second kappa shape index (κ2) is 3.51. The van der Waals surface area contributed by atoms with Crippen molar-refractivity contribution in [2.24, 2.45) is 5.41 Å². The third-order valence-corrected chi connectivity index (χ3v) is 1.82. The minimum Gasteiger partial charge on any atom is -0.542 e. The Bertz CT molecular complexity index is 170. The second-order valence-corrected chi connectivity index (χ2v) is 3.41. The maximum absolute atomic E-state index is 10.7. The van der Waals surface area contributed by atoms with E-state index in [1.807, 2.05) is 20.8 Å². The van der Waals surface area contributed by atoms with Crippen LogP contribution < -0.4 is 5.11 Å². The summed E-state index contributed by atoms with van der Waals surface area (Å²) in [7, 11) is 0. The fourth-order valence-corrected chi connectivity index (χ4v) is 0.632. The summed E-state index contributed by atoms with van der Waals surface area (Å²) in [5.74, 6) is -2.39. The first-order chi connectivity index (χ1) is 4.89. The Morgan fingerprint density at radius 1 is 1.36 bits per heavy atom. The molecule has 3 heteroatoms. The molecule has 0 fully saturated rings. The third kappa shape index (κ3) is 3.75. The van der Waals surface area contributed by atoms with Crippen LogP contribution >= 0.6 is 0 Å². The van der Waals surface area contributed by atoms with E-state index in [1.165, 1.54) is 0 Å². The number of rotatable bonds is 4. The van der Waals surface area contributed by atoms with Crippen LogP contribution in [0.5, 0.6) is 0 Å². The van der Waals surface area contributed by atoms with E-state index in [1.54, 1.807) is 0 Å². The molecule has 0 saturated carbocycles. The molecule has 0 unspecified atom stereocenters. The van der Waals surface area contributed by atoms with Crippen LogP contribution in [0.4, 0.5) is 0 Å². The molecule has 0 heterocycles. The lowest BCUT2D eigenvalue weighted by Gasteiger charge is -2.21. The summed E-state index contributed by atoms with van der Waals surface area (Å²) >= 11 is 0. The molecule has 11 heavy (non-hydrogen) atoms. The molecule has 0 aromatic rings. The number of hydrogen-bond acceptors (Lipinski definition) is 3. The average Bonchev–Trinajstić information content (AvgIpc) is 1.87. The molecule has 0 saturated heterocycles. The van der Waals surface area contributed by atoms with Gasteiger partial charge in [0.2, 0.25) is 0 Å². The molecule has 3 nitrogen and oxygen atoms in total. The summed E-state index contributed by atoms with van der Waals surface area (Å²) in [6.45, 7) is 5.63. The standard InChI is InChI=1S/C8H14O3/c1-4-8(2,3)5-6(9)7(10)11/h4-5H2,1-3H3,(H,10,11)/p-1. The molecule has 0 amide bonds. The van der Waals surface area contributed by atoms with Crippen molar-refractivity contribution in [2.45, 2.75) is 33.6 Å². The second-order valence-electron chi connectivity index (χ2n) is 3.41. The Balaban J connectivity index is 4.04. The van der Waals surface area contributed by atoms with Gasteiger partial charge in [-0.3, -0.25) is 4.79 Å². The van der Waals surface area contributed by atoms with E-state index in [2.05, 4.69) is 0 Å². The number of hydrogen-bond donors (Lipinski definition) is 0. The van der Waals surface area contributed by atoms with Crippen molar-refractivity contribution in [2.75, 3.05) is 0 Å². The summed E-state index contributed by atoms with van der Waals surface area (Å²) < 4.78 is 0. The lowest BCUT2D eigenvalue weighted by Crippen LogP contribution is -2.34. The van der Waals surface area contributed by atoms with Crippen molar-refractivity contribution in [3.63, 3.8) is 0 Å². The van der Waals surface area contributed by atoms with Crippen molar-refractivity contribution >= 4 is 11.8 Å². The fourth-order valence-electron chi connectivity index (χ4n) is 0.632. The van der Waals surface area contributed by atoms with Gasteiger partial charge in [0.1, 0.15) is 5.97 Å². The molecule has 0 aromatic carbocycles. The predicted molar refractivity (Wildman–Crippen MR) is 38.7 cm³/mol. The van der Waals surface area contributed by atoms with Gasteiger partial charge in [-0.25, -0.2) is 0 Å². The number of carboxylic acids is 1. The molecule has 0 N–H and O–H groups in total. The highest BCUT2D eigenvalue weighted by molar-refractivity contribution is 6.31. The summed E-state index contributed by atoms with van der Waals surface area (Å²) in [4.78, 5) is 20.7. The number of ketones is 1. The summed E-state index contributed by atoms with van der Waals surface area (Å²) in [5.41, 5.74) is -0.225. The van der Waals surface area contributed by atoms with Crippen molar-refractivity contribution in [1.82, 2.24) is 0 Å². The van der Waals surface area contributed by atoms with Crippen LogP contribution in [0.25, 0.3) is 0 Å². The Labute approximate surface area is 66.4 Å². The molecular formula is C8H13O3-. The van der Waals surface area contributed by atoms with E-state index in [4.69, 9.17) is 0 Å². The number of carbonyl (C=O) groups excluding carboxylic acids is 2. The topological polar surface area (TPSA) is 57.2 Å². The van der Waals surface area contributed by atoms with Gasteiger partial charge in [-0.15, -0.1) is 0 Å². The zero-order valence-corrected chi connectivity index (χ0v) is 7.14. The molecule has 0 aliphatic heterocycles. The summed E-state index contributed by atoms with van der Waals surface area (Å²) in [5, 5.41) is 10.0. The maximum atomic E-state index is 10.7. The zero-order valence-electron chi connectivity index (χ0n) is 7.14. The molecule has 0 bridgehead atoms. The van der Waals surface area contributed by atoms with Crippen LogP contribution in [0.15, 0.2) is 0 Å². The first-order valence-corrected chi connectivity index (χ1v) is 3.63. The molecular weight excluding hydrogens is 144 g/mol. The largest absolute Gasteiger partial charge is 0.542 e. The van der Waals surface area contributed by atoms with E-state index in [9.17, 15) is 14.7 Å². The smallest absolute Gasteiger partial charge is 0.178 e. The molecule has 0 spiro atoms. The molecule has 0 aliphatic carbocycles. The van der Waals surface area contributed by atoms with E-state index < -0.39 is 11.8 Å². The van der Waals surface area contributed by atoms with E-state index in [0.29, 0.717) is 0 Å². The van der Waals surface area contributed by atoms with Gasteiger partial charge in [0.15, 0.2) is 5.78 Å². The monoisotopic (exact) mass is 157 g/mol. The van der Waals surface area contributed by atoms with E-state index in [-0.39, 0.29) is 11.8 Å². The minimum atomic E-state index is -1.58. The first-order valence-electron chi connectivity index (χ1n) is 3.63. The first kappa shape index (κ1) is 10.1.